The summed E-state index contributed by atoms with van der Waals surface area (Å²) >= 11 is 0. The molecule has 1 aromatic rings. The molecule has 0 aliphatic rings. The molecule has 0 N–H and O–H groups in total. The van der Waals surface area contributed by atoms with Gasteiger partial charge in [-0.1, -0.05) is 0 Å². The van der Waals surface area contributed by atoms with Gasteiger partial charge < -0.3 is 4.74 Å². The number of halogens is 2. The number of alkyl halides is 2. The lowest BCUT2D eigenvalue weighted by Crippen LogP contribution is -2.19. The summed E-state index contributed by atoms with van der Waals surface area (Å²) in [5.74, 6) is -0.0532. The maximum absolute atomic E-state index is 12.3. The van der Waals surface area contributed by atoms with E-state index in [9.17, 15) is 8.78 Å². The van der Waals surface area contributed by atoms with Crippen LogP contribution in [0.15, 0.2) is 6.07 Å². The van der Waals surface area contributed by atoms with Gasteiger partial charge in [0.15, 0.2) is 0 Å². The van der Waals surface area contributed by atoms with E-state index in [1.807, 2.05) is 0 Å². The molecule has 68 valence electrons. The second-order valence-electron chi connectivity index (χ2n) is 2.66. The van der Waals surface area contributed by atoms with Crippen molar-refractivity contribution in [3.63, 3.8) is 0 Å². The van der Waals surface area contributed by atoms with Gasteiger partial charge in [0.1, 0.15) is 0 Å². The predicted molar refractivity (Wildman–Crippen MR) is 39.2 cm³/mol. The van der Waals surface area contributed by atoms with E-state index in [2.05, 4.69) is 9.84 Å². The van der Waals surface area contributed by atoms with Gasteiger partial charge in [0.05, 0.1) is 0 Å². The van der Waals surface area contributed by atoms with Crippen LogP contribution in [0.1, 0.15) is 12.6 Å². The molecule has 0 radical (unpaired) electrons. The minimum absolute atomic E-state index is 0.0532. The first-order chi connectivity index (χ1) is 5.38. The second-order valence-corrected chi connectivity index (χ2v) is 2.66. The van der Waals surface area contributed by atoms with Crippen LogP contribution in [0.25, 0.3) is 0 Å². The zero-order valence-electron chi connectivity index (χ0n) is 7.14. The summed E-state index contributed by atoms with van der Waals surface area (Å²) in [5.41, 5.74) is 0.772. The Hall–Kier alpha value is -1.13. The minimum atomic E-state index is -3.17. The molecule has 1 aromatic heterocycles. The molecule has 0 aliphatic carbocycles. The Kier molecular flexibility index (Phi) is 2.04. The zero-order valence-corrected chi connectivity index (χ0v) is 7.14. The third-order valence-electron chi connectivity index (χ3n) is 1.38. The molecule has 0 saturated carbocycles. The summed E-state index contributed by atoms with van der Waals surface area (Å²) in [7, 11) is 1.66. The largest absolute Gasteiger partial charge is 0.413 e. The highest BCUT2D eigenvalue weighted by Gasteiger charge is 2.24. The molecule has 0 aliphatic heterocycles. The van der Waals surface area contributed by atoms with Crippen molar-refractivity contribution < 1.29 is 13.5 Å². The van der Waals surface area contributed by atoms with E-state index in [0.29, 0.717) is 6.92 Å². The van der Waals surface area contributed by atoms with Crippen molar-refractivity contribution in [2.24, 2.45) is 7.05 Å². The van der Waals surface area contributed by atoms with Crippen molar-refractivity contribution in [3.05, 3.63) is 11.8 Å². The van der Waals surface area contributed by atoms with Crippen molar-refractivity contribution in [2.75, 3.05) is 0 Å². The van der Waals surface area contributed by atoms with Gasteiger partial charge in [-0.15, -0.1) is 5.10 Å². The van der Waals surface area contributed by atoms with Gasteiger partial charge >= 0.3 is 6.11 Å². The van der Waals surface area contributed by atoms with Gasteiger partial charge in [0.25, 0.3) is 0 Å². The summed E-state index contributed by atoms with van der Waals surface area (Å²) in [6.07, 6.45) is -3.17. The van der Waals surface area contributed by atoms with Crippen LogP contribution in [0.5, 0.6) is 5.88 Å². The summed E-state index contributed by atoms with van der Waals surface area (Å²) in [6, 6.07) is 1.46. The highest BCUT2D eigenvalue weighted by atomic mass is 19.3. The average Bonchev–Trinajstić information content (AvgIpc) is 2.07. The van der Waals surface area contributed by atoms with Gasteiger partial charge in [-0.2, -0.15) is 8.78 Å². The molecule has 12 heavy (non-hydrogen) atoms. The molecule has 0 unspecified atom stereocenters. The van der Waals surface area contributed by atoms with Crippen LogP contribution in [-0.2, 0) is 7.05 Å². The van der Waals surface area contributed by atoms with Crippen molar-refractivity contribution in [2.45, 2.75) is 20.0 Å². The Morgan fingerprint density at radius 2 is 2.17 bits per heavy atom. The van der Waals surface area contributed by atoms with Crippen molar-refractivity contribution in [1.82, 2.24) is 9.78 Å². The van der Waals surface area contributed by atoms with E-state index in [4.69, 9.17) is 0 Å². The lowest BCUT2D eigenvalue weighted by molar-refractivity contribution is -0.161. The number of ether oxygens (including phenoxy) is 1. The van der Waals surface area contributed by atoms with E-state index < -0.39 is 6.11 Å². The molecular weight excluding hydrogens is 166 g/mol. The maximum Gasteiger partial charge on any atom is 0.396 e. The van der Waals surface area contributed by atoms with Crippen molar-refractivity contribution in [1.29, 1.82) is 0 Å². The fraction of sp³-hybridized carbons (Fsp3) is 0.571. The molecule has 5 heteroatoms. The highest BCUT2D eigenvalue weighted by molar-refractivity contribution is 5.14. The summed E-state index contributed by atoms with van der Waals surface area (Å²) in [5, 5.41) is 3.71. The second kappa shape index (κ2) is 2.73. The van der Waals surface area contributed by atoms with E-state index in [1.54, 1.807) is 14.0 Å². The molecule has 0 fully saturated rings. The number of aryl methyl sites for hydroxylation is 2. The Labute approximate surface area is 68.9 Å². The van der Waals surface area contributed by atoms with E-state index in [1.165, 1.54) is 10.7 Å². The molecule has 3 nitrogen and oxygen atoms in total. The fourth-order valence-corrected chi connectivity index (χ4v) is 0.761. The molecule has 1 heterocycles. The van der Waals surface area contributed by atoms with Crippen LogP contribution in [-0.4, -0.2) is 15.9 Å². The van der Waals surface area contributed by atoms with E-state index >= 15 is 0 Å². The first kappa shape index (κ1) is 8.96. The molecule has 0 amide bonds. The van der Waals surface area contributed by atoms with Crippen LogP contribution in [0.3, 0.4) is 0 Å². The number of hydrogen-bond acceptors (Lipinski definition) is 2. The lowest BCUT2D eigenvalue weighted by Gasteiger charge is -2.09. The Morgan fingerprint density at radius 1 is 1.58 bits per heavy atom. The summed E-state index contributed by atoms with van der Waals surface area (Å²) < 4.78 is 30.3. The van der Waals surface area contributed by atoms with Gasteiger partial charge in [0.2, 0.25) is 5.88 Å². The topological polar surface area (TPSA) is 27.1 Å². The summed E-state index contributed by atoms with van der Waals surface area (Å²) in [6.45, 7) is 2.44. The third-order valence-corrected chi connectivity index (χ3v) is 1.38. The minimum Gasteiger partial charge on any atom is -0.413 e. The Balaban J connectivity index is 2.77. The number of aromatic nitrogens is 2. The van der Waals surface area contributed by atoms with Gasteiger partial charge in [-0.3, -0.25) is 4.68 Å². The Bertz CT molecular complexity index is 258. The Morgan fingerprint density at radius 3 is 2.50 bits per heavy atom. The fourth-order valence-electron chi connectivity index (χ4n) is 0.761. The molecular formula is C7H10F2N2O. The normalized spacial score (nSPS) is 11.8. The van der Waals surface area contributed by atoms with Gasteiger partial charge in [-0.05, 0) is 6.92 Å². The average molecular weight is 176 g/mol. The van der Waals surface area contributed by atoms with Crippen LogP contribution >= 0.6 is 0 Å². The molecule has 0 saturated heterocycles. The standard InChI is InChI=1S/C7H10F2N2O/c1-5-4-6(10-11(5)3)12-7(2,8)9/h4H,1-3H3. The van der Waals surface area contributed by atoms with Gasteiger partial charge in [-0.25, -0.2) is 0 Å². The number of rotatable bonds is 2. The monoisotopic (exact) mass is 176 g/mol. The predicted octanol–water partition coefficient (Wildman–Crippen LogP) is 1.72. The molecule has 0 aromatic carbocycles. The van der Waals surface area contributed by atoms with E-state index in [0.717, 1.165) is 5.69 Å². The zero-order chi connectivity index (χ0) is 9.35. The van der Waals surface area contributed by atoms with Crippen LogP contribution < -0.4 is 4.74 Å². The van der Waals surface area contributed by atoms with Gasteiger partial charge in [0, 0.05) is 25.7 Å². The number of hydrogen-bond donors (Lipinski definition) is 0. The van der Waals surface area contributed by atoms with Crippen LogP contribution in [0, 0.1) is 6.92 Å². The SMILES string of the molecule is Cc1cc(OC(C)(F)F)nn1C. The summed E-state index contributed by atoms with van der Waals surface area (Å²) in [4.78, 5) is 0. The third kappa shape index (κ3) is 2.18. The molecule has 0 spiro atoms. The lowest BCUT2D eigenvalue weighted by atomic mass is 10.5. The molecule has 1 rings (SSSR count). The highest BCUT2D eigenvalue weighted by Crippen LogP contribution is 2.19. The van der Waals surface area contributed by atoms with Crippen molar-refractivity contribution >= 4 is 0 Å². The van der Waals surface area contributed by atoms with Crippen LogP contribution in [0.4, 0.5) is 8.78 Å². The van der Waals surface area contributed by atoms with E-state index in [-0.39, 0.29) is 5.88 Å². The smallest absolute Gasteiger partial charge is 0.396 e. The number of nitrogens with zero attached hydrogens (tertiary/aromatic N) is 2. The first-order valence-electron chi connectivity index (χ1n) is 3.46. The van der Waals surface area contributed by atoms with Crippen molar-refractivity contribution in [3.8, 4) is 5.88 Å². The van der Waals surface area contributed by atoms with Crippen LogP contribution in [0.2, 0.25) is 0 Å². The quantitative estimate of drug-likeness (QED) is 0.686. The first-order valence-corrected chi connectivity index (χ1v) is 3.46. The molecule has 0 atom stereocenters. The maximum atomic E-state index is 12.3. The molecule has 0 bridgehead atoms.